The highest BCUT2D eigenvalue weighted by molar-refractivity contribution is 5.88. The van der Waals surface area contributed by atoms with Crippen molar-refractivity contribution in [2.24, 2.45) is 17.8 Å². The van der Waals surface area contributed by atoms with Crippen LogP contribution in [0.15, 0.2) is 85.5 Å². The van der Waals surface area contributed by atoms with Gasteiger partial charge in [-0.15, -0.1) is 6.58 Å². The molecular weight excluding hydrogens is 983 g/mol. The molecule has 7 unspecified atom stereocenters. The molecule has 16 atom stereocenters. The number of carbonyl (C=O) groups is 5. The van der Waals surface area contributed by atoms with E-state index in [0.717, 1.165) is 11.1 Å². The van der Waals surface area contributed by atoms with E-state index in [4.69, 9.17) is 42.6 Å². The normalized spacial score (nSPS) is 25.7. The van der Waals surface area contributed by atoms with Crippen LogP contribution >= 0.6 is 0 Å². The lowest BCUT2D eigenvalue weighted by atomic mass is 9.81. The minimum absolute atomic E-state index is 0.162. The van der Waals surface area contributed by atoms with Crippen LogP contribution in [-0.4, -0.2) is 177 Å². The van der Waals surface area contributed by atoms with Gasteiger partial charge in [0.1, 0.15) is 30.5 Å². The number of hydrogen-bond acceptors (Lipinski definition) is 18. The van der Waals surface area contributed by atoms with Crippen molar-refractivity contribution in [3.63, 3.8) is 0 Å². The van der Waals surface area contributed by atoms with Gasteiger partial charge >= 0.3 is 17.9 Å². The first-order valence-electron chi connectivity index (χ1n) is 26.3. The van der Waals surface area contributed by atoms with Crippen LogP contribution in [0.2, 0.25) is 0 Å². The molecule has 2 heterocycles. The Morgan fingerprint density at radius 2 is 1.47 bits per heavy atom. The first kappa shape index (κ1) is 63.6. The molecule has 19 heteroatoms. The zero-order valence-corrected chi connectivity index (χ0v) is 46.3. The molecule has 2 fully saturated rings. The van der Waals surface area contributed by atoms with Gasteiger partial charge in [-0.3, -0.25) is 33.8 Å². The molecule has 1 amide bonds. The second-order valence-electron chi connectivity index (χ2n) is 20.1. The summed E-state index contributed by atoms with van der Waals surface area (Å²) in [6.45, 7) is 16.2. The third-order valence-corrected chi connectivity index (χ3v) is 13.9. The zero-order chi connectivity index (χ0) is 56.1. The molecule has 3 N–H and O–H groups in total. The van der Waals surface area contributed by atoms with Crippen molar-refractivity contribution < 1.29 is 76.8 Å². The van der Waals surface area contributed by atoms with Gasteiger partial charge in [-0.2, -0.15) is 0 Å². The van der Waals surface area contributed by atoms with Crippen molar-refractivity contribution in [1.82, 2.24) is 15.1 Å². The van der Waals surface area contributed by atoms with E-state index in [1.54, 1.807) is 45.8 Å². The maximum absolute atomic E-state index is 14.0. The summed E-state index contributed by atoms with van der Waals surface area (Å²) in [5.74, 6) is -4.78. The number of ketones is 1. The number of rotatable bonds is 31. The lowest BCUT2D eigenvalue weighted by Crippen LogP contribution is -2.65. The number of Topliss-reactive ketones (excluding diaryl/α,β-unsaturated/α-hetero) is 1. The summed E-state index contributed by atoms with van der Waals surface area (Å²) in [5.41, 5.74) is 2.19. The second kappa shape index (κ2) is 32.1. The molecule has 0 saturated carbocycles. The number of aliphatic hydroxyl groups is 2. The fourth-order valence-corrected chi connectivity index (χ4v) is 9.96. The Hall–Kier alpha value is -4.93. The molecular formula is C57H85N3O16. The summed E-state index contributed by atoms with van der Waals surface area (Å²) in [7, 11) is 6.30. The van der Waals surface area contributed by atoms with Gasteiger partial charge in [0.2, 0.25) is 5.91 Å². The van der Waals surface area contributed by atoms with E-state index in [-0.39, 0.29) is 18.3 Å². The summed E-state index contributed by atoms with van der Waals surface area (Å²) in [6, 6.07) is 19.0. The first-order valence-corrected chi connectivity index (χ1v) is 26.3. The molecule has 2 saturated heterocycles. The third-order valence-electron chi connectivity index (χ3n) is 13.9. The van der Waals surface area contributed by atoms with Crippen LogP contribution < -0.4 is 5.32 Å². The highest BCUT2D eigenvalue weighted by atomic mass is 16.7. The van der Waals surface area contributed by atoms with E-state index < -0.39 is 128 Å². The zero-order valence-electron chi connectivity index (χ0n) is 46.3. The van der Waals surface area contributed by atoms with Crippen LogP contribution in [0, 0.1) is 17.8 Å². The minimum atomic E-state index is -1.44. The van der Waals surface area contributed by atoms with E-state index in [1.807, 2.05) is 50.2 Å². The number of ether oxygens (including phenoxy) is 9. The number of nitrogens with zero attached hydrogens (tertiary/aromatic N) is 2. The van der Waals surface area contributed by atoms with Gasteiger partial charge in [0, 0.05) is 59.0 Å². The van der Waals surface area contributed by atoms with Crippen LogP contribution in [0.5, 0.6) is 0 Å². The molecule has 0 spiro atoms. The number of benzene rings is 2. The Labute approximate surface area is 449 Å². The van der Waals surface area contributed by atoms with Gasteiger partial charge < -0.3 is 58.2 Å². The maximum atomic E-state index is 14.0. The molecule has 76 heavy (non-hydrogen) atoms. The summed E-state index contributed by atoms with van der Waals surface area (Å²) in [4.78, 5) is 69.4. The second-order valence-corrected chi connectivity index (χ2v) is 20.1. The summed E-state index contributed by atoms with van der Waals surface area (Å²) in [6.07, 6.45) is -5.81. The Bertz CT molecular complexity index is 2090. The van der Waals surface area contributed by atoms with E-state index in [0.29, 0.717) is 38.9 Å². The number of esters is 3. The van der Waals surface area contributed by atoms with E-state index >= 15 is 0 Å². The van der Waals surface area contributed by atoms with Gasteiger partial charge in [0.15, 0.2) is 24.5 Å². The van der Waals surface area contributed by atoms with E-state index in [9.17, 15) is 34.2 Å². The Morgan fingerprint density at radius 3 is 2.00 bits per heavy atom. The number of amides is 1. The van der Waals surface area contributed by atoms with Gasteiger partial charge in [-0.05, 0) is 83.8 Å². The van der Waals surface area contributed by atoms with Gasteiger partial charge in [0.25, 0.3) is 0 Å². The molecule has 2 aromatic carbocycles. The summed E-state index contributed by atoms with van der Waals surface area (Å²) >= 11 is 0. The van der Waals surface area contributed by atoms with Crippen LogP contribution in [-0.2, 0) is 79.7 Å². The number of carbonyl (C=O) groups excluding carboxylic acids is 5. The molecule has 2 aliphatic rings. The number of nitrogens with one attached hydrogen (secondary N) is 1. The fraction of sp³-hybridized carbons (Fsp3) is 0.632. The smallest absolute Gasteiger partial charge is 0.308 e. The highest BCUT2D eigenvalue weighted by Gasteiger charge is 2.52. The van der Waals surface area contributed by atoms with Gasteiger partial charge in [-0.1, -0.05) is 86.7 Å². The largest absolute Gasteiger partial charge is 0.459 e. The van der Waals surface area contributed by atoms with E-state index in [1.165, 1.54) is 40.2 Å². The summed E-state index contributed by atoms with van der Waals surface area (Å²) in [5, 5.41) is 25.9. The van der Waals surface area contributed by atoms with E-state index in [2.05, 4.69) is 41.1 Å². The predicted octanol–water partition coefficient (Wildman–Crippen LogP) is 4.93. The van der Waals surface area contributed by atoms with Gasteiger partial charge in [0.05, 0.1) is 44.0 Å². The summed E-state index contributed by atoms with van der Waals surface area (Å²) < 4.78 is 54.1. The molecule has 424 valence electrons. The standard InChI is InChI=1S/C57H85N3O16/c1-13-15-26-47(65)58-35(3)29-44(27-28-60(31-41-22-18-16-19-23-41)32-42-24-20-17-21-25-42)51(76-57-53(74-40(8)63)49(59(9)10)52(38(6)72-57)73-39(7)62)36(4)45(64)30-48(66)75-46(33-61)43(14-2)34-70-56-55(69-12)54(68-11)50(67)37(5)71-56/h14-26,35-38,43-46,49,51-57,61,64H,2,13,27-34H2,1,3-12H3,(H,58,65)/b26-15+/t35?,36?,37-,38+,43?,44?,45?,46?,49+,51?,52-,53+,54-,55-,56-,57+/m0/s1. The number of hydrogen-bond donors (Lipinski definition) is 3. The first-order chi connectivity index (χ1) is 36.2. The predicted molar refractivity (Wildman–Crippen MR) is 282 cm³/mol. The number of likely N-dealkylation sites (N-methyl/N-ethyl adjacent to an activating group) is 1. The van der Waals surface area contributed by atoms with Crippen molar-refractivity contribution in [1.29, 1.82) is 0 Å². The van der Waals surface area contributed by atoms with Crippen molar-refractivity contribution in [3.8, 4) is 0 Å². The maximum Gasteiger partial charge on any atom is 0.308 e. The molecule has 2 aliphatic heterocycles. The number of methoxy groups -OCH3 is 2. The number of aliphatic hydroxyl groups excluding tert-OH is 2. The van der Waals surface area contributed by atoms with Crippen molar-refractivity contribution in [2.75, 3.05) is 48.1 Å². The molecule has 0 radical (unpaired) electrons. The minimum Gasteiger partial charge on any atom is -0.459 e. The molecule has 4 rings (SSSR count). The molecule has 2 aromatic rings. The van der Waals surface area contributed by atoms with Crippen LogP contribution in [0.25, 0.3) is 0 Å². The molecule has 0 aliphatic carbocycles. The van der Waals surface area contributed by atoms with Crippen LogP contribution in [0.4, 0.5) is 0 Å². The van der Waals surface area contributed by atoms with Crippen molar-refractivity contribution >= 4 is 29.6 Å². The van der Waals surface area contributed by atoms with Crippen molar-refractivity contribution in [3.05, 3.63) is 96.6 Å². The van der Waals surface area contributed by atoms with Gasteiger partial charge in [-0.25, -0.2) is 0 Å². The van der Waals surface area contributed by atoms with Crippen LogP contribution in [0.3, 0.4) is 0 Å². The molecule has 0 bridgehead atoms. The fourth-order valence-electron chi connectivity index (χ4n) is 9.96. The topological polar surface area (TPSA) is 227 Å². The number of allylic oxidation sites excluding steroid dienone is 1. The lowest BCUT2D eigenvalue weighted by molar-refractivity contribution is -0.308. The third kappa shape index (κ3) is 19.2. The average molecular weight is 1070 g/mol. The Morgan fingerprint density at radius 1 is 0.868 bits per heavy atom. The Balaban J connectivity index is 1.74. The average Bonchev–Trinajstić information content (AvgIpc) is 3.37. The quantitative estimate of drug-likeness (QED) is 0.0394. The van der Waals surface area contributed by atoms with Crippen molar-refractivity contribution in [2.45, 2.75) is 167 Å². The monoisotopic (exact) mass is 1070 g/mol. The lowest BCUT2D eigenvalue weighted by Gasteiger charge is -2.48. The molecule has 19 nitrogen and oxygen atoms in total. The highest BCUT2D eigenvalue weighted by Crippen LogP contribution is 2.36. The SMILES string of the molecule is C=CC(CO[C@H]1O[C@@H](C)C(=O)[C@H](OC)[C@@H]1OC)C(CO)OC(=O)CC(O)C(C)C(O[C@H]1O[C@H](C)[C@H](OC(C)=O)[C@@H](N(C)C)[C@H]1OC(C)=O)C(CCN(Cc1ccccc1)Cc1ccccc1)CC(C)NC(=O)/C=C/CC. The molecule has 0 aromatic heterocycles. The Kier molecular flexibility index (Phi) is 26.9. The van der Waals surface area contributed by atoms with Crippen LogP contribution in [0.1, 0.15) is 85.3 Å².